The van der Waals surface area contributed by atoms with Gasteiger partial charge in [0.05, 0.1) is 7.11 Å². The van der Waals surface area contributed by atoms with Gasteiger partial charge in [-0.25, -0.2) is 0 Å². The van der Waals surface area contributed by atoms with Gasteiger partial charge in [0, 0.05) is 17.5 Å². The highest BCUT2D eigenvalue weighted by Crippen LogP contribution is 2.47. The number of rotatable bonds is 5. The molecule has 20 heavy (non-hydrogen) atoms. The molecule has 3 nitrogen and oxygen atoms in total. The fraction of sp³-hybridized carbons (Fsp3) is 0.353. The van der Waals surface area contributed by atoms with Gasteiger partial charge in [0.25, 0.3) is 0 Å². The third-order valence-electron chi connectivity index (χ3n) is 4.16. The van der Waals surface area contributed by atoms with E-state index in [1.54, 1.807) is 7.11 Å². The largest absolute Gasteiger partial charge is 0.497 e. The predicted octanol–water partition coefficient (Wildman–Crippen LogP) is 3.03. The van der Waals surface area contributed by atoms with Crippen LogP contribution >= 0.6 is 0 Å². The molecule has 0 saturated heterocycles. The maximum atomic E-state index is 12.6. The second-order valence-corrected chi connectivity index (χ2v) is 5.57. The van der Waals surface area contributed by atoms with E-state index in [0.29, 0.717) is 0 Å². The third kappa shape index (κ3) is 2.18. The zero-order valence-corrected chi connectivity index (χ0v) is 11.9. The molecule has 0 aromatic heterocycles. The summed E-state index contributed by atoms with van der Waals surface area (Å²) >= 11 is 0. The van der Waals surface area contributed by atoms with E-state index in [-0.39, 0.29) is 11.2 Å². The molecular formula is C17H19NO2. The van der Waals surface area contributed by atoms with Crippen molar-refractivity contribution in [2.75, 3.05) is 20.7 Å². The number of benzene rings is 2. The first-order chi connectivity index (χ1) is 9.68. The Morgan fingerprint density at radius 2 is 1.90 bits per heavy atom. The van der Waals surface area contributed by atoms with E-state index < -0.39 is 0 Å². The van der Waals surface area contributed by atoms with E-state index >= 15 is 0 Å². The lowest BCUT2D eigenvalue weighted by molar-refractivity contribution is 0.0900. The molecule has 3 rings (SSSR count). The van der Waals surface area contributed by atoms with E-state index in [2.05, 4.69) is 5.32 Å². The van der Waals surface area contributed by atoms with E-state index in [1.165, 1.54) is 0 Å². The second-order valence-electron chi connectivity index (χ2n) is 5.57. The Morgan fingerprint density at radius 3 is 2.55 bits per heavy atom. The summed E-state index contributed by atoms with van der Waals surface area (Å²) in [5.74, 6) is 1.11. The summed E-state index contributed by atoms with van der Waals surface area (Å²) in [5.41, 5.74) is 0.657. The molecule has 1 N–H and O–H groups in total. The van der Waals surface area contributed by atoms with Crippen LogP contribution in [0.5, 0.6) is 5.75 Å². The molecule has 2 aromatic carbocycles. The molecule has 1 saturated carbocycles. The van der Waals surface area contributed by atoms with Crippen molar-refractivity contribution in [2.45, 2.75) is 12.8 Å². The van der Waals surface area contributed by atoms with Crippen LogP contribution in [0, 0.1) is 5.41 Å². The van der Waals surface area contributed by atoms with E-state index in [1.807, 2.05) is 43.4 Å². The average molecular weight is 269 g/mol. The lowest BCUT2D eigenvalue weighted by atomic mass is 9.93. The van der Waals surface area contributed by atoms with Crippen molar-refractivity contribution in [3.63, 3.8) is 0 Å². The molecule has 104 valence electrons. The van der Waals surface area contributed by atoms with Crippen LogP contribution in [-0.2, 0) is 0 Å². The Kier molecular flexibility index (Phi) is 3.22. The van der Waals surface area contributed by atoms with Crippen LogP contribution in [0.4, 0.5) is 0 Å². The molecule has 0 amide bonds. The smallest absolute Gasteiger partial charge is 0.170 e. The van der Waals surface area contributed by atoms with Crippen molar-refractivity contribution in [1.82, 2.24) is 5.32 Å². The Labute approximate surface area is 118 Å². The van der Waals surface area contributed by atoms with Crippen LogP contribution in [-0.4, -0.2) is 26.5 Å². The first-order valence-electron chi connectivity index (χ1n) is 6.96. The topological polar surface area (TPSA) is 38.3 Å². The molecule has 1 aliphatic rings. The lowest BCUT2D eigenvalue weighted by Crippen LogP contribution is -2.27. The standard InChI is InChI=1S/C17H19NO2/c1-18-11-17(7-8-17)16(19)14-4-3-13-10-15(20-2)6-5-12(13)9-14/h3-6,9-10,18H,7-8,11H2,1-2H3. The molecule has 0 bridgehead atoms. The quantitative estimate of drug-likeness (QED) is 0.848. The number of hydrogen-bond donors (Lipinski definition) is 1. The Balaban J connectivity index is 1.95. The summed E-state index contributed by atoms with van der Waals surface area (Å²) in [6, 6.07) is 11.8. The van der Waals surface area contributed by atoms with Crippen molar-refractivity contribution in [2.24, 2.45) is 5.41 Å². The number of fused-ring (bicyclic) bond motifs is 1. The fourth-order valence-corrected chi connectivity index (χ4v) is 2.77. The minimum absolute atomic E-state index is 0.158. The molecule has 0 aliphatic heterocycles. The minimum atomic E-state index is -0.158. The summed E-state index contributed by atoms with van der Waals surface area (Å²) in [6.07, 6.45) is 1.99. The van der Waals surface area contributed by atoms with Gasteiger partial charge in [-0.1, -0.05) is 18.2 Å². The monoisotopic (exact) mass is 269 g/mol. The first-order valence-corrected chi connectivity index (χ1v) is 6.96. The number of Topliss-reactive ketones (excluding diaryl/α,β-unsaturated/α-hetero) is 1. The van der Waals surface area contributed by atoms with Crippen molar-refractivity contribution in [3.8, 4) is 5.75 Å². The molecule has 0 spiro atoms. The number of ether oxygens (including phenoxy) is 1. The predicted molar refractivity (Wildman–Crippen MR) is 80.4 cm³/mol. The second kappa shape index (κ2) is 4.91. The zero-order chi connectivity index (χ0) is 14.2. The fourth-order valence-electron chi connectivity index (χ4n) is 2.77. The highest BCUT2D eigenvalue weighted by Gasteiger charge is 2.49. The van der Waals surface area contributed by atoms with Crippen molar-refractivity contribution < 1.29 is 9.53 Å². The Bertz CT molecular complexity index is 659. The Hall–Kier alpha value is -1.87. The third-order valence-corrected chi connectivity index (χ3v) is 4.16. The summed E-state index contributed by atoms with van der Waals surface area (Å²) < 4.78 is 5.22. The molecule has 2 aromatic rings. The summed E-state index contributed by atoms with van der Waals surface area (Å²) in [4.78, 5) is 12.6. The van der Waals surface area contributed by atoms with E-state index in [4.69, 9.17) is 4.74 Å². The number of ketones is 1. The summed E-state index contributed by atoms with van der Waals surface area (Å²) in [5, 5.41) is 5.31. The molecule has 0 atom stereocenters. The van der Waals surface area contributed by atoms with Gasteiger partial charge in [-0.3, -0.25) is 4.79 Å². The maximum absolute atomic E-state index is 12.6. The average Bonchev–Trinajstić information content (AvgIpc) is 3.26. The van der Waals surface area contributed by atoms with Gasteiger partial charge in [0.1, 0.15) is 5.75 Å². The number of carbonyl (C=O) groups is 1. The molecule has 1 aliphatic carbocycles. The molecule has 0 heterocycles. The molecule has 3 heteroatoms. The van der Waals surface area contributed by atoms with Gasteiger partial charge >= 0.3 is 0 Å². The van der Waals surface area contributed by atoms with Crippen LogP contribution in [0.15, 0.2) is 36.4 Å². The highest BCUT2D eigenvalue weighted by atomic mass is 16.5. The van der Waals surface area contributed by atoms with Crippen LogP contribution < -0.4 is 10.1 Å². The zero-order valence-electron chi connectivity index (χ0n) is 11.9. The summed E-state index contributed by atoms with van der Waals surface area (Å²) in [6.45, 7) is 0.770. The lowest BCUT2D eigenvalue weighted by Gasteiger charge is -2.13. The van der Waals surface area contributed by atoms with E-state index in [0.717, 1.165) is 41.5 Å². The highest BCUT2D eigenvalue weighted by molar-refractivity contribution is 6.05. The van der Waals surface area contributed by atoms with Crippen molar-refractivity contribution in [3.05, 3.63) is 42.0 Å². The van der Waals surface area contributed by atoms with Gasteiger partial charge < -0.3 is 10.1 Å². The van der Waals surface area contributed by atoms with Crippen LogP contribution in [0.2, 0.25) is 0 Å². The molecule has 1 fully saturated rings. The van der Waals surface area contributed by atoms with Crippen LogP contribution in [0.3, 0.4) is 0 Å². The number of methoxy groups -OCH3 is 1. The van der Waals surface area contributed by atoms with E-state index in [9.17, 15) is 4.79 Å². The first kappa shape index (κ1) is 13.1. The van der Waals surface area contributed by atoms with Gasteiger partial charge in [-0.15, -0.1) is 0 Å². The SMILES string of the molecule is CNCC1(C(=O)c2ccc3cc(OC)ccc3c2)CC1. The van der Waals surface area contributed by atoms with Gasteiger partial charge in [0.2, 0.25) is 0 Å². The van der Waals surface area contributed by atoms with Crippen LogP contribution in [0.25, 0.3) is 10.8 Å². The van der Waals surface area contributed by atoms with Crippen molar-refractivity contribution >= 4 is 16.6 Å². The molecular weight excluding hydrogens is 250 g/mol. The van der Waals surface area contributed by atoms with Crippen LogP contribution in [0.1, 0.15) is 23.2 Å². The van der Waals surface area contributed by atoms with Gasteiger partial charge in [-0.2, -0.15) is 0 Å². The number of hydrogen-bond acceptors (Lipinski definition) is 3. The van der Waals surface area contributed by atoms with Gasteiger partial charge in [0.15, 0.2) is 5.78 Å². The normalized spacial score (nSPS) is 16.1. The number of carbonyl (C=O) groups excluding carboxylic acids is 1. The molecule has 0 unspecified atom stereocenters. The Morgan fingerprint density at radius 1 is 1.20 bits per heavy atom. The minimum Gasteiger partial charge on any atom is -0.497 e. The molecule has 0 radical (unpaired) electrons. The summed E-state index contributed by atoms with van der Waals surface area (Å²) in [7, 11) is 3.56. The van der Waals surface area contributed by atoms with Crippen molar-refractivity contribution in [1.29, 1.82) is 0 Å². The van der Waals surface area contributed by atoms with Gasteiger partial charge in [-0.05, 0) is 48.9 Å². The maximum Gasteiger partial charge on any atom is 0.170 e. The number of nitrogens with one attached hydrogen (secondary N) is 1.